The molecule has 2 aromatic carbocycles. The van der Waals surface area contributed by atoms with Gasteiger partial charge in [0.25, 0.3) is 5.91 Å². The molecular formula is C41H63NO6. The fraction of sp³-hybridized carbons (Fsp3) is 0.634. The van der Waals surface area contributed by atoms with Crippen LogP contribution in [-0.4, -0.2) is 43.0 Å². The Morgan fingerprint density at radius 1 is 0.812 bits per heavy atom. The molecule has 0 spiro atoms. The lowest BCUT2D eigenvalue weighted by Gasteiger charge is -2.35. The van der Waals surface area contributed by atoms with Crippen molar-refractivity contribution in [1.82, 2.24) is 5.32 Å². The van der Waals surface area contributed by atoms with E-state index >= 15 is 0 Å². The monoisotopic (exact) mass is 665 g/mol. The highest BCUT2D eigenvalue weighted by Gasteiger charge is 2.36. The van der Waals surface area contributed by atoms with Crippen LogP contribution in [0.1, 0.15) is 111 Å². The molecule has 1 N–H and O–H groups in total. The molecule has 7 nitrogen and oxygen atoms in total. The quantitative estimate of drug-likeness (QED) is 0.134. The number of carbonyl (C=O) groups excluding carboxylic acids is 3. The number of carbonyl (C=O) groups is 3. The molecule has 268 valence electrons. The molecule has 0 aliphatic heterocycles. The van der Waals surface area contributed by atoms with Crippen molar-refractivity contribution in [2.45, 2.75) is 125 Å². The molecule has 1 saturated carbocycles. The van der Waals surface area contributed by atoms with Crippen molar-refractivity contribution in [2.24, 2.45) is 29.1 Å². The number of nitrogens with one attached hydrogen (secondary N) is 1. The molecule has 0 heterocycles. The van der Waals surface area contributed by atoms with Crippen molar-refractivity contribution in [1.29, 1.82) is 0 Å². The van der Waals surface area contributed by atoms with E-state index in [1.165, 1.54) is 32.1 Å². The third kappa shape index (κ3) is 17.4. The van der Waals surface area contributed by atoms with Crippen LogP contribution >= 0.6 is 0 Å². The molecule has 1 amide bonds. The van der Waals surface area contributed by atoms with E-state index in [-0.39, 0.29) is 35.0 Å². The van der Waals surface area contributed by atoms with Gasteiger partial charge in [-0.15, -0.1) is 0 Å². The number of amides is 1. The Morgan fingerprint density at radius 2 is 1.33 bits per heavy atom. The van der Waals surface area contributed by atoms with Gasteiger partial charge in [-0.3, -0.25) is 9.59 Å². The molecular weight excluding hydrogens is 602 g/mol. The molecule has 0 radical (unpaired) electrons. The lowest BCUT2D eigenvalue weighted by atomic mass is 9.81. The Labute approximate surface area is 290 Å². The average molecular weight is 666 g/mol. The maximum Gasteiger partial charge on any atom is 0.309 e. The fourth-order valence-corrected chi connectivity index (χ4v) is 6.46. The standard InChI is InChI=1S/C30H49NO4.C11H14O2/c1-22(18-24-14-10-8-11-15-24)28(33)35-26(27(32)31-30(6,7)21-29(3,4)5)23(2)19-34-20-25-16-12-9-13-17-25;1-10(7-12)8-13-9-11-5-3-2-4-6-11/h9,12-13,16-17,22-24,26H,8,10-11,14-15,18-21H2,1-7H3,(H,31,32);2-7,10H,8-9H2,1H3/t22-,23-,26?;10-/m01/s1. The van der Waals surface area contributed by atoms with Gasteiger partial charge in [-0.2, -0.15) is 0 Å². The van der Waals surface area contributed by atoms with Gasteiger partial charge in [0.2, 0.25) is 0 Å². The van der Waals surface area contributed by atoms with Crippen molar-refractivity contribution in [2.75, 3.05) is 13.2 Å². The number of esters is 1. The van der Waals surface area contributed by atoms with Crippen LogP contribution in [-0.2, 0) is 41.8 Å². The topological polar surface area (TPSA) is 90.9 Å². The van der Waals surface area contributed by atoms with Gasteiger partial charge < -0.3 is 24.3 Å². The highest BCUT2D eigenvalue weighted by atomic mass is 16.6. The van der Waals surface area contributed by atoms with Crippen molar-refractivity contribution in [3.63, 3.8) is 0 Å². The third-order valence-electron chi connectivity index (χ3n) is 8.48. The van der Waals surface area contributed by atoms with Crippen LogP contribution in [0.4, 0.5) is 0 Å². The van der Waals surface area contributed by atoms with Crippen LogP contribution in [0.25, 0.3) is 0 Å². The Kier molecular flexibility index (Phi) is 18.1. The van der Waals surface area contributed by atoms with Gasteiger partial charge in [-0.1, -0.05) is 134 Å². The summed E-state index contributed by atoms with van der Waals surface area (Å²) in [5.74, 6) is -0.435. The summed E-state index contributed by atoms with van der Waals surface area (Å²) < 4.78 is 17.2. The second-order valence-electron chi connectivity index (χ2n) is 15.7. The molecule has 48 heavy (non-hydrogen) atoms. The van der Waals surface area contributed by atoms with Gasteiger partial charge in [0, 0.05) is 17.4 Å². The zero-order valence-electron chi connectivity index (χ0n) is 31.0. The number of ether oxygens (including phenoxy) is 3. The summed E-state index contributed by atoms with van der Waals surface area (Å²) in [5.41, 5.74) is 1.85. The molecule has 3 rings (SSSR count). The lowest BCUT2D eigenvalue weighted by Crippen LogP contribution is -2.52. The first kappa shape index (κ1) is 41.1. The number of rotatable bonds is 17. The third-order valence-corrected chi connectivity index (χ3v) is 8.48. The van der Waals surface area contributed by atoms with Crippen LogP contribution in [0, 0.1) is 29.1 Å². The van der Waals surface area contributed by atoms with Gasteiger partial charge in [0.05, 0.1) is 32.3 Å². The average Bonchev–Trinajstić information content (AvgIpc) is 3.03. The lowest BCUT2D eigenvalue weighted by molar-refractivity contribution is -0.165. The number of hydrogen-bond donors (Lipinski definition) is 1. The minimum absolute atomic E-state index is 0.0105. The molecule has 0 saturated heterocycles. The summed E-state index contributed by atoms with van der Waals surface area (Å²) in [6, 6.07) is 19.9. The molecule has 7 heteroatoms. The minimum Gasteiger partial charge on any atom is -0.452 e. The highest BCUT2D eigenvalue weighted by Crippen LogP contribution is 2.30. The molecule has 2 aromatic rings. The summed E-state index contributed by atoms with van der Waals surface area (Å²) >= 11 is 0. The van der Waals surface area contributed by atoms with Gasteiger partial charge in [0.15, 0.2) is 6.10 Å². The van der Waals surface area contributed by atoms with E-state index in [1.807, 2.05) is 95.3 Å². The molecule has 0 aromatic heterocycles. The molecule has 1 aliphatic rings. The van der Waals surface area contributed by atoms with Crippen LogP contribution in [0.3, 0.4) is 0 Å². The first-order valence-corrected chi connectivity index (χ1v) is 17.9. The predicted octanol–water partition coefficient (Wildman–Crippen LogP) is 8.73. The summed E-state index contributed by atoms with van der Waals surface area (Å²) in [6.07, 6.45) is 7.83. The number of hydrogen-bond acceptors (Lipinski definition) is 6. The first-order chi connectivity index (χ1) is 22.7. The summed E-state index contributed by atoms with van der Waals surface area (Å²) in [5, 5.41) is 3.16. The Bertz CT molecular complexity index is 1190. The maximum absolute atomic E-state index is 13.4. The van der Waals surface area contributed by atoms with E-state index in [9.17, 15) is 14.4 Å². The number of benzene rings is 2. The molecule has 1 aliphatic carbocycles. The van der Waals surface area contributed by atoms with Gasteiger partial charge in [0.1, 0.15) is 6.29 Å². The van der Waals surface area contributed by atoms with Crippen molar-refractivity contribution in [3.8, 4) is 0 Å². The van der Waals surface area contributed by atoms with Crippen LogP contribution in [0.15, 0.2) is 60.7 Å². The molecule has 4 atom stereocenters. The first-order valence-electron chi connectivity index (χ1n) is 17.9. The number of aldehydes is 1. The van der Waals surface area contributed by atoms with Crippen molar-refractivity contribution in [3.05, 3.63) is 71.8 Å². The van der Waals surface area contributed by atoms with Crippen LogP contribution < -0.4 is 5.32 Å². The normalized spacial score (nSPS) is 16.4. The van der Waals surface area contributed by atoms with E-state index < -0.39 is 11.6 Å². The van der Waals surface area contributed by atoms with Crippen molar-refractivity contribution < 1.29 is 28.6 Å². The zero-order chi connectivity index (χ0) is 35.6. The Morgan fingerprint density at radius 3 is 1.83 bits per heavy atom. The van der Waals surface area contributed by atoms with E-state index in [4.69, 9.17) is 14.2 Å². The molecule has 1 fully saturated rings. The molecule has 0 bridgehead atoms. The van der Waals surface area contributed by atoms with Crippen LogP contribution in [0.2, 0.25) is 0 Å². The van der Waals surface area contributed by atoms with Gasteiger partial charge in [-0.25, -0.2) is 0 Å². The SMILES string of the molecule is C[C@@H](CC1CCCCC1)C(=O)OC(C(=O)NC(C)(C)CC(C)(C)C)[C@@H](C)COCc1ccccc1.C[C@H](C=O)COCc1ccccc1. The van der Waals surface area contributed by atoms with Gasteiger partial charge >= 0.3 is 5.97 Å². The summed E-state index contributed by atoms with van der Waals surface area (Å²) in [7, 11) is 0. The maximum atomic E-state index is 13.4. The largest absolute Gasteiger partial charge is 0.452 e. The second kappa shape index (κ2) is 21.1. The second-order valence-corrected chi connectivity index (χ2v) is 15.7. The molecule has 1 unspecified atom stereocenters. The van der Waals surface area contributed by atoms with E-state index in [2.05, 4.69) is 26.1 Å². The van der Waals surface area contributed by atoms with E-state index in [1.54, 1.807) is 0 Å². The Balaban J connectivity index is 0.000000513. The van der Waals surface area contributed by atoms with Gasteiger partial charge in [-0.05, 0) is 49.1 Å². The Hall–Kier alpha value is -3.03. The highest BCUT2D eigenvalue weighted by molar-refractivity contribution is 5.85. The van der Waals surface area contributed by atoms with Crippen molar-refractivity contribution >= 4 is 18.2 Å². The van der Waals surface area contributed by atoms with Crippen LogP contribution in [0.5, 0.6) is 0 Å². The predicted molar refractivity (Wildman–Crippen MR) is 193 cm³/mol. The smallest absolute Gasteiger partial charge is 0.309 e. The summed E-state index contributed by atoms with van der Waals surface area (Å²) in [4.78, 5) is 36.8. The fourth-order valence-electron chi connectivity index (χ4n) is 6.46. The van der Waals surface area contributed by atoms with E-state index in [0.717, 1.165) is 30.3 Å². The minimum atomic E-state index is -0.883. The zero-order valence-corrected chi connectivity index (χ0v) is 31.0. The summed E-state index contributed by atoms with van der Waals surface area (Å²) in [6.45, 7) is 18.1. The van der Waals surface area contributed by atoms with E-state index in [0.29, 0.717) is 32.3 Å².